The van der Waals surface area contributed by atoms with Crippen LogP contribution in [-0.4, -0.2) is 71.9 Å². The Balaban J connectivity index is 1.82. The second-order valence-electron chi connectivity index (χ2n) is 5.06. The number of carbonyl (C=O) groups excluding carboxylic acids is 1. The highest BCUT2D eigenvalue weighted by atomic mass is 16.5. The molecule has 0 saturated carbocycles. The van der Waals surface area contributed by atoms with Crippen LogP contribution in [0.1, 0.15) is 6.42 Å². The Morgan fingerprint density at radius 3 is 2.76 bits per heavy atom. The fraction of sp³-hybridized carbons (Fsp3) is 0.533. The van der Waals surface area contributed by atoms with E-state index in [0.29, 0.717) is 25.4 Å². The summed E-state index contributed by atoms with van der Waals surface area (Å²) in [7, 11) is 0. The molecule has 2 N–H and O–H groups in total. The Kier molecular flexibility index (Phi) is 5.83. The van der Waals surface area contributed by atoms with Crippen LogP contribution in [0.15, 0.2) is 24.3 Å². The van der Waals surface area contributed by atoms with Gasteiger partial charge < -0.3 is 19.8 Å². The number of hydrogen-bond donors (Lipinski definition) is 2. The summed E-state index contributed by atoms with van der Waals surface area (Å²) >= 11 is 0. The van der Waals surface area contributed by atoms with Crippen molar-refractivity contribution in [2.75, 3.05) is 45.9 Å². The van der Waals surface area contributed by atoms with E-state index in [1.165, 1.54) is 6.07 Å². The van der Waals surface area contributed by atoms with Crippen LogP contribution >= 0.6 is 0 Å². The Bertz CT molecular complexity index is 467. The highest BCUT2D eigenvalue weighted by Crippen LogP contribution is 2.24. The third kappa shape index (κ3) is 4.61. The second-order valence-corrected chi connectivity index (χ2v) is 5.06. The van der Waals surface area contributed by atoms with Crippen molar-refractivity contribution in [2.45, 2.75) is 6.42 Å². The normalized spacial score (nSPS) is 16.5. The minimum absolute atomic E-state index is 0.0373. The average molecular weight is 294 g/mol. The van der Waals surface area contributed by atoms with Gasteiger partial charge in [0.05, 0.1) is 6.61 Å². The first-order chi connectivity index (χ1) is 10.2. The van der Waals surface area contributed by atoms with Crippen LogP contribution in [0, 0.1) is 0 Å². The van der Waals surface area contributed by atoms with E-state index in [4.69, 9.17) is 9.84 Å². The van der Waals surface area contributed by atoms with Gasteiger partial charge >= 0.3 is 0 Å². The molecule has 1 aromatic carbocycles. The van der Waals surface area contributed by atoms with E-state index in [2.05, 4.69) is 4.90 Å². The van der Waals surface area contributed by atoms with E-state index in [0.717, 1.165) is 19.5 Å². The molecule has 1 saturated heterocycles. The number of para-hydroxylation sites is 2. The number of rotatable bonds is 5. The molecule has 116 valence electrons. The van der Waals surface area contributed by atoms with E-state index in [9.17, 15) is 9.90 Å². The van der Waals surface area contributed by atoms with E-state index >= 15 is 0 Å². The van der Waals surface area contributed by atoms with Crippen LogP contribution in [0.25, 0.3) is 0 Å². The van der Waals surface area contributed by atoms with Crippen molar-refractivity contribution >= 4 is 5.91 Å². The van der Waals surface area contributed by atoms with Gasteiger partial charge in [0.1, 0.15) is 0 Å². The van der Waals surface area contributed by atoms with Crippen LogP contribution in [0.5, 0.6) is 11.5 Å². The number of benzene rings is 1. The van der Waals surface area contributed by atoms with Gasteiger partial charge in [-0.25, -0.2) is 0 Å². The number of hydrogen-bond acceptors (Lipinski definition) is 5. The molecule has 0 aromatic heterocycles. The number of carbonyl (C=O) groups is 1. The van der Waals surface area contributed by atoms with Crippen molar-refractivity contribution < 1.29 is 19.7 Å². The zero-order valence-corrected chi connectivity index (χ0v) is 12.1. The maximum Gasteiger partial charge on any atom is 0.260 e. The van der Waals surface area contributed by atoms with Gasteiger partial charge in [-0.2, -0.15) is 0 Å². The molecule has 1 aliphatic heterocycles. The van der Waals surface area contributed by atoms with Gasteiger partial charge in [0.15, 0.2) is 18.1 Å². The molecular weight excluding hydrogens is 272 g/mol. The van der Waals surface area contributed by atoms with Gasteiger partial charge in [-0.15, -0.1) is 0 Å². The number of aliphatic hydroxyl groups is 1. The molecule has 1 amide bonds. The van der Waals surface area contributed by atoms with Gasteiger partial charge in [0, 0.05) is 26.2 Å². The third-order valence-corrected chi connectivity index (χ3v) is 3.57. The zero-order chi connectivity index (χ0) is 15.1. The summed E-state index contributed by atoms with van der Waals surface area (Å²) in [5, 5.41) is 18.5. The first kappa shape index (κ1) is 15.6. The molecule has 6 nitrogen and oxygen atoms in total. The topological polar surface area (TPSA) is 73.2 Å². The maximum absolute atomic E-state index is 12.2. The molecule has 0 unspecified atom stereocenters. The van der Waals surface area contributed by atoms with Crippen molar-refractivity contribution in [2.24, 2.45) is 0 Å². The van der Waals surface area contributed by atoms with Crippen LogP contribution in [0.4, 0.5) is 0 Å². The molecule has 0 aliphatic carbocycles. The molecule has 0 spiro atoms. The zero-order valence-electron chi connectivity index (χ0n) is 12.1. The molecule has 1 aromatic rings. The van der Waals surface area contributed by atoms with Gasteiger partial charge in [0.25, 0.3) is 5.91 Å². The summed E-state index contributed by atoms with van der Waals surface area (Å²) in [5.41, 5.74) is 0. The van der Waals surface area contributed by atoms with Crippen LogP contribution in [0.3, 0.4) is 0 Å². The number of phenolic OH excluding ortho intramolecular Hbond substituents is 1. The van der Waals surface area contributed by atoms with Gasteiger partial charge in [-0.05, 0) is 25.1 Å². The molecule has 21 heavy (non-hydrogen) atoms. The van der Waals surface area contributed by atoms with E-state index in [1.54, 1.807) is 23.1 Å². The minimum Gasteiger partial charge on any atom is -0.504 e. The van der Waals surface area contributed by atoms with Crippen LogP contribution in [-0.2, 0) is 4.79 Å². The highest BCUT2D eigenvalue weighted by molar-refractivity contribution is 5.77. The molecule has 1 aliphatic rings. The number of nitrogens with zero attached hydrogens (tertiary/aromatic N) is 2. The standard InChI is InChI=1S/C15H22N2O4/c18-11-10-16-6-3-7-17(9-8-16)15(20)12-21-14-5-2-1-4-13(14)19/h1-2,4-5,18-19H,3,6-12H2. The Morgan fingerprint density at radius 1 is 1.19 bits per heavy atom. The Morgan fingerprint density at radius 2 is 2.00 bits per heavy atom. The SMILES string of the molecule is O=C(COc1ccccc1O)N1CCCN(CCO)CC1. The quantitative estimate of drug-likeness (QED) is 0.817. The molecule has 0 atom stereocenters. The average Bonchev–Trinajstić information content (AvgIpc) is 2.72. The summed E-state index contributed by atoms with van der Waals surface area (Å²) in [4.78, 5) is 16.1. The van der Waals surface area contributed by atoms with E-state index in [-0.39, 0.29) is 24.9 Å². The van der Waals surface area contributed by atoms with Crippen LogP contribution < -0.4 is 4.74 Å². The fourth-order valence-corrected chi connectivity index (χ4v) is 2.40. The van der Waals surface area contributed by atoms with Gasteiger partial charge in [-0.1, -0.05) is 12.1 Å². The minimum atomic E-state index is -0.0795. The summed E-state index contributed by atoms with van der Waals surface area (Å²) in [5.74, 6) is 0.280. The van der Waals surface area contributed by atoms with Gasteiger partial charge in [0.2, 0.25) is 0 Å². The third-order valence-electron chi connectivity index (χ3n) is 3.57. The van der Waals surface area contributed by atoms with E-state index in [1.807, 2.05) is 0 Å². The van der Waals surface area contributed by atoms with Crippen molar-refractivity contribution in [1.29, 1.82) is 0 Å². The number of ether oxygens (including phenoxy) is 1. The summed E-state index contributed by atoms with van der Waals surface area (Å²) in [6, 6.07) is 6.61. The largest absolute Gasteiger partial charge is 0.504 e. The molecule has 0 bridgehead atoms. The van der Waals surface area contributed by atoms with Crippen molar-refractivity contribution in [1.82, 2.24) is 9.80 Å². The molecule has 1 heterocycles. The van der Waals surface area contributed by atoms with Crippen molar-refractivity contribution in [3.05, 3.63) is 24.3 Å². The summed E-state index contributed by atoms with van der Waals surface area (Å²) in [6.45, 7) is 3.72. The number of β-amino-alcohol motifs (C(OH)–C–C–N with tert-alkyl or cyclic N) is 1. The molecule has 0 radical (unpaired) electrons. The smallest absolute Gasteiger partial charge is 0.260 e. The Labute approximate surface area is 124 Å². The number of aromatic hydroxyl groups is 1. The lowest BCUT2D eigenvalue weighted by Gasteiger charge is -2.21. The van der Waals surface area contributed by atoms with Crippen molar-refractivity contribution in [3.8, 4) is 11.5 Å². The number of aliphatic hydroxyl groups excluding tert-OH is 1. The maximum atomic E-state index is 12.2. The van der Waals surface area contributed by atoms with Crippen molar-refractivity contribution in [3.63, 3.8) is 0 Å². The second kappa shape index (κ2) is 7.85. The lowest BCUT2D eigenvalue weighted by molar-refractivity contribution is -0.133. The lowest BCUT2D eigenvalue weighted by Crippen LogP contribution is -2.38. The van der Waals surface area contributed by atoms with Gasteiger partial charge in [-0.3, -0.25) is 9.69 Å². The number of phenols is 1. The Hall–Kier alpha value is -1.79. The predicted molar refractivity (Wildman–Crippen MR) is 78.3 cm³/mol. The molecular formula is C15H22N2O4. The first-order valence-corrected chi connectivity index (χ1v) is 7.22. The molecule has 1 fully saturated rings. The first-order valence-electron chi connectivity index (χ1n) is 7.22. The van der Waals surface area contributed by atoms with E-state index < -0.39 is 0 Å². The lowest BCUT2D eigenvalue weighted by atomic mass is 10.3. The molecule has 6 heteroatoms. The summed E-state index contributed by atoms with van der Waals surface area (Å²) < 4.78 is 5.37. The monoisotopic (exact) mass is 294 g/mol. The predicted octanol–water partition coefficient (Wildman–Crippen LogP) is 0.298. The van der Waals surface area contributed by atoms with Crippen LogP contribution in [0.2, 0.25) is 0 Å². The molecule has 2 rings (SSSR count). The summed E-state index contributed by atoms with van der Waals surface area (Å²) in [6.07, 6.45) is 0.891. The highest BCUT2D eigenvalue weighted by Gasteiger charge is 2.19. The fourth-order valence-electron chi connectivity index (χ4n) is 2.40. The number of amides is 1.